The Kier molecular flexibility index (Phi) is 4.17. The van der Waals surface area contributed by atoms with Crippen molar-refractivity contribution in [2.45, 2.75) is 13.8 Å². The number of anilines is 1. The van der Waals surface area contributed by atoms with Crippen LogP contribution in [0.1, 0.15) is 21.7 Å². The van der Waals surface area contributed by atoms with Crippen LogP contribution in [0.25, 0.3) is 11.3 Å². The normalized spacial score (nSPS) is 10.6. The van der Waals surface area contributed by atoms with E-state index < -0.39 is 0 Å². The zero-order chi connectivity index (χ0) is 16.4. The molecule has 0 aliphatic carbocycles. The van der Waals surface area contributed by atoms with Crippen LogP contribution in [0.3, 0.4) is 0 Å². The Hall–Kier alpha value is -2.59. The van der Waals surface area contributed by atoms with Crippen LogP contribution in [0.5, 0.6) is 0 Å². The fourth-order valence-electron chi connectivity index (χ4n) is 2.30. The number of nitrogens with one attached hydrogen (secondary N) is 1. The largest absolute Gasteiger partial charge is 0.360 e. The molecule has 0 aliphatic heterocycles. The number of halogens is 1. The lowest BCUT2D eigenvalue weighted by Crippen LogP contribution is -2.13. The Labute approximate surface area is 139 Å². The minimum Gasteiger partial charge on any atom is -0.360 e. The fraction of sp³-hybridized carbons (Fsp3) is 0.111. The van der Waals surface area contributed by atoms with Crippen molar-refractivity contribution < 1.29 is 9.32 Å². The first-order valence-corrected chi connectivity index (χ1v) is 7.53. The highest BCUT2D eigenvalue weighted by Gasteiger charge is 2.21. The molecule has 1 aromatic heterocycles. The minimum absolute atomic E-state index is 0.275. The van der Waals surface area contributed by atoms with Gasteiger partial charge >= 0.3 is 0 Å². The molecular weight excluding hydrogens is 312 g/mol. The summed E-state index contributed by atoms with van der Waals surface area (Å²) in [5.74, 6) is 0.196. The summed E-state index contributed by atoms with van der Waals surface area (Å²) >= 11 is 6.10. The average Bonchev–Trinajstić information content (AvgIpc) is 2.93. The summed E-state index contributed by atoms with van der Waals surface area (Å²) in [6.07, 6.45) is 0. The second-order valence-corrected chi connectivity index (χ2v) is 5.65. The maximum atomic E-state index is 12.6. The number of carbonyl (C=O) groups is 1. The molecule has 0 saturated heterocycles. The van der Waals surface area contributed by atoms with E-state index in [2.05, 4.69) is 10.5 Å². The van der Waals surface area contributed by atoms with E-state index in [1.54, 1.807) is 13.0 Å². The van der Waals surface area contributed by atoms with Crippen molar-refractivity contribution in [2.75, 3.05) is 5.32 Å². The second kappa shape index (κ2) is 6.26. The molecule has 0 saturated carbocycles. The Bertz CT molecular complexity index is 857. The lowest BCUT2D eigenvalue weighted by Gasteiger charge is -2.07. The van der Waals surface area contributed by atoms with Crippen molar-refractivity contribution in [3.8, 4) is 11.3 Å². The summed E-state index contributed by atoms with van der Waals surface area (Å²) in [4.78, 5) is 12.6. The summed E-state index contributed by atoms with van der Waals surface area (Å²) in [6.45, 7) is 3.63. The van der Waals surface area contributed by atoms with Gasteiger partial charge in [0.05, 0.1) is 0 Å². The van der Waals surface area contributed by atoms with Gasteiger partial charge in [0, 0.05) is 16.3 Å². The van der Waals surface area contributed by atoms with Gasteiger partial charge in [0.2, 0.25) is 0 Å². The van der Waals surface area contributed by atoms with E-state index in [1.807, 2.05) is 49.4 Å². The van der Waals surface area contributed by atoms with E-state index in [9.17, 15) is 4.79 Å². The van der Waals surface area contributed by atoms with E-state index >= 15 is 0 Å². The molecule has 5 heteroatoms. The average molecular weight is 327 g/mol. The first-order valence-electron chi connectivity index (χ1n) is 7.15. The molecule has 3 rings (SSSR count). The van der Waals surface area contributed by atoms with Crippen molar-refractivity contribution >= 4 is 23.2 Å². The number of hydrogen-bond acceptors (Lipinski definition) is 3. The SMILES string of the molecule is Cc1ccc(NC(=O)c2c(-c3ccccc3)noc2C)cc1Cl. The van der Waals surface area contributed by atoms with Gasteiger partial charge in [-0.2, -0.15) is 0 Å². The topological polar surface area (TPSA) is 55.1 Å². The summed E-state index contributed by atoms with van der Waals surface area (Å²) in [6, 6.07) is 14.8. The summed E-state index contributed by atoms with van der Waals surface area (Å²) in [5, 5.41) is 7.46. The minimum atomic E-state index is -0.275. The monoisotopic (exact) mass is 326 g/mol. The molecule has 0 fully saturated rings. The molecule has 0 radical (unpaired) electrons. The van der Waals surface area contributed by atoms with Gasteiger partial charge in [0.15, 0.2) is 0 Å². The highest BCUT2D eigenvalue weighted by atomic mass is 35.5. The third-order valence-electron chi connectivity index (χ3n) is 3.57. The Morgan fingerprint density at radius 1 is 1.13 bits per heavy atom. The molecule has 116 valence electrons. The van der Waals surface area contributed by atoms with Gasteiger partial charge in [-0.05, 0) is 31.5 Å². The molecule has 0 atom stereocenters. The zero-order valence-electron chi connectivity index (χ0n) is 12.8. The lowest BCUT2D eigenvalue weighted by molar-refractivity contribution is 0.102. The van der Waals surface area contributed by atoms with Crippen molar-refractivity contribution in [3.05, 3.63) is 70.4 Å². The molecule has 1 amide bonds. The predicted octanol–water partition coefficient (Wildman–Crippen LogP) is 4.86. The van der Waals surface area contributed by atoms with Gasteiger partial charge in [-0.25, -0.2) is 0 Å². The first-order chi connectivity index (χ1) is 11.1. The van der Waals surface area contributed by atoms with E-state index in [-0.39, 0.29) is 5.91 Å². The third-order valence-corrected chi connectivity index (χ3v) is 3.97. The fourth-order valence-corrected chi connectivity index (χ4v) is 2.48. The van der Waals surface area contributed by atoms with Gasteiger partial charge in [-0.3, -0.25) is 4.79 Å². The quantitative estimate of drug-likeness (QED) is 0.747. The van der Waals surface area contributed by atoms with Crippen LogP contribution in [-0.4, -0.2) is 11.1 Å². The van der Waals surface area contributed by atoms with E-state index in [4.69, 9.17) is 16.1 Å². The number of nitrogens with zero attached hydrogens (tertiary/aromatic N) is 1. The maximum Gasteiger partial charge on any atom is 0.261 e. The van der Waals surface area contributed by atoms with Crippen LogP contribution in [0.4, 0.5) is 5.69 Å². The van der Waals surface area contributed by atoms with E-state index in [0.29, 0.717) is 27.7 Å². The second-order valence-electron chi connectivity index (χ2n) is 5.25. The molecule has 2 aromatic carbocycles. The van der Waals surface area contributed by atoms with Crippen LogP contribution in [-0.2, 0) is 0 Å². The van der Waals surface area contributed by atoms with Crippen LogP contribution < -0.4 is 5.32 Å². The maximum absolute atomic E-state index is 12.6. The number of rotatable bonds is 3. The molecule has 1 N–H and O–H groups in total. The van der Waals surface area contributed by atoms with Crippen molar-refractivity contribution in [3.63, 3.8) is 0 Å². The van der Waals surface area contributed by atoms with Crippen molar-refractivity contribution in [1.82, 2.24) is 5.16 Å². The Balaban J connectivity index is 1.94. The van der Waals surface area contributed by atoms with Crippen LogP contribution in [0.15, 0.2) is 53.1 Å². The molecule has 0 bridgehead atoms. The molecule has 0 aliphatic rings. The van der Waals surface area contributed by atoms with Crippen molar-refractivity contribution in [1.29, 1.82) is 0 Å². The van der Waals surface area contributed by atoms with Gasteiger partial charge in [0.1, 0.15) is 17.0 Å². The summed E-state index contributed by atoms with van der Waals surface area (Å²) in [7, 11) is 0. The highest BCUT2D eigenvalue weighted by molar-refractivity contribution is 6.31. The van der Waals surface area contributed by atoms with Crippen LogP contribution in [0, 0.1) is 13.8 Å². The molecule has 1 heterocycles. The number of carbonyl (C=O) groups excluding carboxylic acids is 1. The molecular formula is C18H15ClN2O2. The lowest BCUT2D eigenvalue weighted by atomic mass is 10.1. The third kappa shape index (κ3) is 3.12. The van der Waals surface area contributed by atoms with Gasteiger partial charge in [-0.1, -0.05) is 53.2 Å². The van der Waals surface area contributed by atoms with Gasteiger partial charge < -0.3 is 9.84 Å². The number of hydrogen-bond donors (Lipinski definition) is 1. The Morgan fingerprint density at radius 2 is 1.87 bits per heavy atom. The summed E-state index contributed by atoms with van der Waals surface area (Å²) in [5.41, 5.74) is 3.36. The van der Waals surface area contributed by atoms with Crippen LogP contribution >= 0.6 is 11.6 Å². The van der Waals surface area contributed by atoms with Gasteiger partial charge in [-0.15, -0.1) is 0 Å². The van der Waals surface area contributed by atoms with Gasteiger partial charge in [0.25, 0.3) is 5.91 Å². The number of benzene rings is 2. The highest BCUT2D eigenvalue weighted by Crippen LogP contribution is 2.27. The van der Waals surface area contributed by atoms with E-state index in [1.165, 1.54) is 0 Å². The molecule has 4 nitrogen and oxygen atoms in total. The Morgan fingerprint density at radius 3 is 2.57 bits per heavy atom. The molecule has 3 aromatic rings. The first kappa shape index (κ1) is 15.3. The van der Waals surface area contributed by atoms with E-state index in [0.717, 1.165) is 11.1 Å². The zero-order valence-corrected chi connectivity index (χ0v) is 13.5. The number of aromatic nitrogens is 1. The van der Waals surface area contributed by atoms with Crippen LogP contribution in [0.2, 0.25) is 5.02 Å². The molecule has 0 unspecified atom stereocenters. The molecule has 23 heavy (non-hydrogen) atoms. The summed E-state index contributed by atoms with van der Waals surface area (Å²) < 4.78 is 5.21. The number of amides is 1. The number of aryl methyl sites for hydroxylation is 2. The standard InChI is InChI=1S/C18H15ClN2O2/c1-11-8-9-14(10-15(11)19)20-18(22)16-12(2)23-21-17(16)13-6-4-3-5-7-13/h3-10H,1-2H3,(H,20,22). The smallest absolute Gasteiger partial charge is 0.261 e. The predicted molar refractivity (Wildman–Crippen MR) is 90.8 cm³/mol. The van der Waals surface area contributed by atoms with Crippen molar-refractivity contribution in [2.24, 2.45) is 0 Å². The molecule has 0 spiro atoms.